The number of benzene rings is 1. The van der Waals surface area contributed by atoms with Crippen LogP contribution in [0.25, 0.3) is 0 Å². The zero-order chi connectivity index (χ0) is 13.2. The third kappa shape index (κ3) is 2.34. The lowest BCUT2D eigenvalue weighted by Gasteiger charge is -2.52. The second-order valence-electron chi connectivity index (χ2n) is 5.39. The Hall–Kier alpha value is -1.53. The molecule has 0 amide bonds. The molecule has 0 bridgehead atoms. The van der Waals surface area contributed by atoms with Crippen LogP contribution in [0.5, 0.6) is 0 Å². The van der Waals surface area contributed by atoms with Crippen molar-refractivity contribution >= 4 is 5.69 Å². The standard InChI is InChI=1S/C15H20N2O/c1-4-18-14-9-13(15(14,2)3)17-12-7-5-6-11(8-12)10-16/h5-8,13-14,17H,4,9H2,1-3H3. The lowest BCUT2D eigenvalue weighted by Crippen LogP contribution is -2.58. The number of nitriles is 1. The summed E-state index contributed by atoms with van der Waals surface area (Å²) in [6.45, 7) is 7.25. The molecule has 0 aliphatic heterocycles. The zero-order valence-corrected chi connectivity index (χ0v) is 11.2. The molecule has 0 radical (unpaired) electrons. The second kappa shape index (κ2) is 4.99. The van der Waals surface area contributed by atoms with Gasteiger partial charge in [-0.15, -0.1) is 0 Å². The van der Waals surface area contributed by atoms with E-state index in [1.165, 1.54) is 0 Å². The van der Waals surface area contributed by atoms with Gasteiger partial charge in [-0.1, -0.05) is 19.9 Å². The maximum atomic E-state index is 8.88. The van der Waals surface area contributed by atoms with Crippen molar-refractivity contribution in [1.29, 1.82) is 5.26 Å². The van der Waals surface area contributed by atoms with E-state index in [9.17, 15) is 0 Å². The highest BCUT2D eigenvalue weighted by atomic mass is 16.5. The molecule has 1 aliphatic carbocycles. The lowest BCUT2D eigenvalue weighted by molar-refractivity contribution is -0.0975. The van der Waals surface area contributed by atoms with Crippen LogP contribution in [0.2, 0.25) is 0 Å². The highest BCUT2D eigenvalue weighted by Gasteiger charge is 2.48. The van der Waals surface area contributed by atoms with E-state index >= 15 is 0 Å². The van der Waals surface area contributed by atoms with E-state index in [4.69, 9.17) is 10.00 Å². The monoisotopic (exact) mass is 244 g/mol. The molecule has 1 aromatic carbocycles. The molecule has 2 atom stereocenters. The summed E-state index contributed by atoms with van der Waals surface area (Å²) in [6, 6.07) is 10.2. The summed E-state index contributed by atoms with van der Waals surface area (Å²) in [7, 11) is 0. The molecule has 1 saturated carbocycles. The van der Waals surface area contributed by atoms with Gasteiger partial charge in [0.15, 0.2) is 0 Å². The van der Waals surface area contributed by atoms with E-state index in [0.29, 0.717) is 17.7 Å². The van der Waals surface area contributed by atoms with Gasteiger partial charge in [-0.05, 0) is 31.5 Å². The lowest BCUT2D eigenvalue weighted by atomic mass is 9.64. The van der Waals surface area contributed by atoms with Crippen LogP contribution in [-0.4, -0.2) is 18.8 Å². The normalized spacial score (nSPS) is 25.0. The van der Waals surface area contributed by atoms with Crippen LogP contribution < -0.4 is 5.32 Å². The maximum absolute atomic E-state index is 8.88. The number of hydrogen-bond acceptors (Lipinski definition) is 3. The Kier molecular flexibility index (Phi) is 3.58. The van der Waals surface area contributed by atoms with Crippen molar-refractivity contribution in [2.75, 3.05) is 11.9 Å². The fourth-order valence-electron chi connectivity index (χ4n) is 2.49. The van der Waals surface area contributed by atoms with Crippen molar-refractivity contribution in [3.63, 3.8) is 0 Å². The Morgan fingerprint density at radius 2 is 2.28 bits per heavy atom. The molecular weight excluding hydrogens is 224 g/mol. The van der Waals surface area contributed by atoms with E-state index in [0.717, 1.165) is 18.7 Å². The van der Waals surface area contributed by atoms with Gasteiger partial charge in [-0.2, -0.15) is 5.26 Å². The van der Waals surface area contributed by atoms with Crippen molar-refractivity contribution in [3.05, 3.63) is 29.8 Å². The van der Waals surface area contributed by atoms with E-state index < -0.39 is 0 Å². The Bertz CT molecular complexity index is 462. The minimum atomic E-state index is 0.138. The van der Waals surface area contributed by atoms with Gasteiger partial charge >= 0.3 is 0 Å². The first kappa shape index (κ1) is 12.9. The first-order valence-corrected chi connectivity index (χ1v) is 6.46. The average molecular weight is 244 g/mol. The fourth-order valence-corrected chi connectivity index (χ4v) is 2.49. The first-order valence-electron chi connectivity index (χ1n) is 6.46. The average Bonchev–Trinajstić information content (AvgIpc) is 2.38. The zero-order valence-electron chi connectivity index (χ0n) is 11.2. The van der Waals surface area contributed by atoms with Crippen molar-refractivity contribution in [2.24, 2.45) is 5.41 Å². The van der Waals surface area contributed by atoms with Crippen molar-refractivity contribution in [3.8, 4) is 6.07 Å². The van der Waals surface area contributed by atoms with Gasteiger partial charge in [0.25, 0.3) is 0 Å². The van der Waals surface area contributed by atoms with E-state index in [1.54, 1.807) is 0 Å². The summed E-state index contributed by atoms with van der Waals surface area (Å²) in [5.41, 5.74) is 1.85. The highest BCUT2D eigenvalue weighted by Crippen LogP contribution is 2.44. The minimum absolute atomic E-state index is 0.138. The number of anilines is 1. The minimum Gasteiger partial charge on any atom is -0.382 e. The summed E-state index contributed by atoms with van der Waals surface area (Å²) < 4.78 is 5.71. The number of nitrogens with one attached hydrogen (secondary N) is 1. The molecule has 0 saturated heterocycles. The van der Waals surface area contributed by atoms with Gasteiger partial charge in [0, 0.05) is 23.8 Å². The Morgan fingerprint density at radius 3 is 2.89 bits per heavy atom. The summed E-state index contributed by atoms with van der Waals surface area (Å²) in [5.74, 6) is 0. The van der Waals surface area contributed by atoms with Crippen LogP contribution in [0, 0.1) is 16.7 Å². The number of ether oxygens (including phenoxy) is 1. The molecule has 1 aromatic rings. The molecular formula is C15H20N2O. The van der Waals surface area contributed by atoms with Gasteiger partial charge in [0.05, 0.1) is 17.7 Å². The van der Waals surface area contributed by atoms with Crippen LogP contribution in [0.15, 0.2) is 24.3 Å². The van der Waals surface area contributed by atoms with E-state index in [1.807, 2.05) is 31.2 Å². The van der Waals surface area contributed by atoms with Crippen LogP contribution in [0.3, 0.4) is 0 Å². The summed E-state index contributed by atoms with van der Waals surface area (Å²) >= 11 is 0. The smallest absolute Gasteiger partial charge is 0.0992 e. The Labute approximate surface area is 109 Å². The van der Waals surface area contributed by atoms with Crippen molar-refractivity contribution < 1.29 is 4.74 Å². The molecule has 0 heterocycles. The molecule has 1 aliphatic rings. The SMILES string of the molecule is CCOC1CC(Nc2cccc(C#N)c2)C1(C)C. The summed E-state index contributed by atoms with van der Waals surface area (Å²) in [6.07, 6.45) is 1.36. The van der Waals surface area contributed by atoms with Gasteiger partial charge in [-0.25, -0.2) is 0 Å². The molecule has 1 fully saturated rings. The van der Waals surface area contributed by atoms with Crippen molar-refractivity contribution in [1.82, 2.24) is 0 Å². The summed E-state index contributed by atoms with van der Waals surface area (Å²) in [5, 5.41) is 12.4. The molecule has 3 nitrogen and oxygen atoms in total. The van der Waals surface area contributed by atoms with Gasteiger partial charge in [0.2, 0.25) is 0 Å². The van der Waals surface area contributed by atoms with Crippen molar-refractivity contribution in [2.45, 2.75) is 39.3 Å². The first-order chi connectivity index (χ1) is 8.57. The van der Waals surface area contributed by atoms with Crippen LogP contribution >= 0.6 is 0 Å². The van der Waals surface area contributed by atoms with Crippen LogP contribution in [0.1, 0.15) is 32.8 Å². The maximum Gasteiger partial charge on any atom is 0.0992 e. The Balaban J connectivity index is 2.01. The number of nitrogens with zero attached hydrogens (tertiary/aromatic N) is 1. The van der Waals surface area contributed by atoms with Gasteiger partial charge in [0.1, 0.15) is 0 Å². The van der Waals surface area contributed by atoms with Gasteiger partial charge in [-0.3, -0.25) is 0 Å². The predicted octanol–water partition coefficient (Wildman–Crippen LogP) is 3.17. The highest BCUT2D eigenvalue weighted by molar-refractivity contribution is 5.50. The molecule has 1 N–H and O–H groups in total. The van der Waals surface area contributed by atoms with E-state index in [2.05, 4.69) is 25.2 Å². The fraction of sp³-hybridized carbons (Fsp3) is 0.533. The Morgan fingerprint density at radius 1 is 1.50 bits per heavy atom. The molecule has 0 spiro atoms. The third-order valence-corrected chi connectivity index (χ3v) is 3.88. The van der Waals surface area contributed by atoms with E-state index in [-0.39, 0.29) is 5.41 Å². The molecule has 96 valence electrons. The van der Waals surface area contributed by atoms with Crippen LogP contribution in [-0.2, 0) is 4.74 Å². The molecule has 2 rings (SSSR count). The molecule has 3 heteroatoms. The number of hydrogen-bond donors (Lipinski definition) is 1. The van der Waals surface area contributed by atoms with Gasteiger partial charge < -0.3 is 10.1 Å². The molecule has 18 heavy (non-hydrogen) atoms. The quantitative estimate of drug-likeness (QED) is 0.884. The summed E-state index contributed by atoms with van der Waals surface area (Å²) in [4.78, 5) is 0. The molecule has 2 unspecified atom stereocenters. The topological polar surface area (TPSA) is 45.0 Å². The largest absolute Gasteiger partial charge is 0.382 e. The predicted molar refractivity (Wildman–Crippen MR) is 72.4 cm³/mol. The second-order valence-corrected chi connectivity index (χ2v) is 5.39. The molecule has 0 aromatic heterocycles. The third-order valence-electron chi connectivity index (χ3n) is 3.88. The van der Waals surface area contributed by atoms with Crippen LogP contribution in [0.4, 0.5) is 5.69 Å². The number of rotatable bonds is 4.